The average Bonchev–Trinajstić information content (AvgIpc) is 3.21. The fourth-order valence-corrected chi connectivity index (χ4v) is 5.07. The zero-order valence-electron chi connectivity index (χ0n) is 19.0. The van der Waals surface area contributed by atoms with Crippen LogP contribution in [-0.2, 0) is 0 Å². The van der Waals surface area contributed by atoms with E-state index in [-0.39, 0.29) is 0 Å². The highest BCUT2D eigenvalue weighted by molar-refractivity contribution is 7.22. The van der Waals surface area contributed by atoms with Gasteiger partial charge in [-0.2, -0.15) is 0 Å². The summed E-state index contributed by atoms with van der Waals surface area (Å²) in [5.41, 5.74) is 2.21. The van der Waals surface area contributed by atoms with E-state index >= 15 is 0 Å². The molecule has 0 aliphatic carbocycles. The number of para-hydroxylation sites is 1. The van der Waals surface area contributed by atoms with Crippen molar-refractivity contribution in [3.63, 3.8) is 0 Å². The van der Waals surface area contributed by atoms with Gasteiger partial charge in [0, 0.05) is 16.1 Å². The molecule has 0 spiro atoms. The Balaban J connectivity index is 1.63. The zero-order valence-corrected chi connectivity index (χ0v) is 19.8. The van der Waals surface area contributed by atoms with Crippen LogP contribution >= 0.6 is 11.3 Å². The van der Waals surface area contributed by atoms with Crippen molar-refractivity contribution in [2.24, 2.45) is 0 Å². The minimum atomic E-state index is 0.351. The molecule has 0 amide bonds. The van der Waals surface area contributed by atoms with E-state index in [0.717, 1.165) is 53.5 Å². The van der Waals surface area contributed by atoms with Gasteiger partial charge in [-0.05, 0) is 75.5 Å². The number of fused-ring (bicyclic) bond motifs is 2. The van der Waals surface area contributed by atoms with Gasteiger partial charge >= 0.3 is 0 Å². The van der Waals surface area contributed by atoms with Crippen molar-refractivity contribution in [3.05, 3.63) is 54.1 Å². The van der Waals surface area contributed by atoms with Crippen molar-refractivity contribution in [2.45, 2.75) is 46.6 Å². The summed E-state index contributed by atoms with van der Waals surface area (Å²) in [4.78, 5) is 13.6. The molecule has 1 unspecified atom stereocenters. The van der Waals surface area contributed by atoms with Gasteiger partial charge in [0.1, 0.15) is 5.82 Å². The van der Waals surface area contributed by atoms with Crippen LogP contribution in [0.15, 0.2) is 48.5 Å². The number of aromatic nitrogens is 2. The number of thiophene rings is 1. The first kappa shape index (κ1) is 21.7. The molecule has 5 heteroatoms. The van der Waals surface area contributed by atoms with Crippen molar-refractivity contribution in [1.29, 1.82) is 0 Å². The Labute approximate surface area is 189 Å². The SMILES string of the molecule is CCN(CC)CCCC(C)Nc1nc(-c2cc3ccccc3s2)nc2c(C)cccc12. The van der Waals surface area contributed by atoms with Gasteiger partial charge < -0.3 is 10.2 Å². The number of benzene rings is 2. The summed E-state index contributed by atoms with van der Waals surface area (Å²) >= 11 is 1.76. The smallest absolute Gasteiger partial charge is 0.172 e. The summed E-state index contributed by atoms with van der Waals surface area (Å²) in [5.74, 6) is 1.75. The van der Waals surface area contributed by atoms with E-state index in [2.05, 4.69) is 86.4 Å². The molecule has 0 aliphatic rings. The predicted molar refractivity (Wildman–Crippen MR) is 135 cm³/mol. The maximum atomic E-state index is 5.00. The number of rotatable bonds is 9. The standard InChI is InChI=1S/C26H32N4S/c1-5-30(6-2)16-10-12-19(4)27-25-21-14-9-11-18(3)24(21)28-26(29-25)23-17-20-13-7-8-15-22(20)31-23/h7-9,11,13-15,17,19H,5-6,10,12,16H2,1-4H3,(H,27,28,29). The van der Waals surface area contributed by atoms with Gasteiger partial charge in [0.05, 0.1) is 10.4 Å². The van der Waals surface area contributed by atoms with Gasteiger partial charge in [-0.3, -0.25) is 0 Å². The highest BCUT2D eigenvalue weighted by Crippen LogP contribution is 2.34. The quantitative estimate of drug-likeness (QED) is 0.318. The van der Waals surface area contributed by atoms with E-state index in [0.29, 0.717) is 6.04 Å². The molecule has 162 valence electrons. The molecule has 2 aromatic carbocycles. The van der Waals surface area contributed by atoms with Crippen LogP contribution in [-0.4, -0.2) is 40.5 Å². The topological polar surface area (TPSA) is 41.0 Å². The summed E-state index contributed by atoms with van der Waals surface area (Å²) in [5, 5.41) is 6.04. The van der Waals surface area contributed by atoms with Gasteiger partial charge in [0.15, 0.2) is 5.82 Å². The Kier molecular flexibility index (Phi) is 6.83. The molecule has 31 heavy (non-hydrogen) atoms. The summed E-state index contributed by atoms with van der Waals surface area (Å²) in [6, 6.07) is 17.4. The van der Waals surface area contributed by atoms with Crippen LogP contribution in [0.5, 0.6) is 0 Å². The average molecular weight is 433 g/mol. The number of hydrogen-bond acceptors (Lipinski definition) is 5. The summed E-state index contributed by atoms with van der Waals surface area (Å²) in [6.45, 7) is 12.2. The van der Waals surface area contributed by atoms with Crippen LogP contribution in [0.25, 0.3) is 31.7 Å². The third-order valence-electron chi connectivity index (χ3n) is 5.96. The van der Waals surface area contributed by atoms with E-state index in [4.69, 9.17) is 9.97 Å². The van der Waals surface area contributed by atoms with Crippen LogP contribution in [0, 0.1) is 6.92 Å². The maximum absolute atomic E-state index is 5.00. The van der Waals surface area contributed by atoms with Crippen LogP contribution < -0.4 is 5.32 Å². The van der Waals surface area contributed by atoms with Gasteiger partial charge in [0.25, 0.3) is 0 Å². The molecule has 0 saturated carbocycles. The Morgan fingerprint density at radius 2 is 1.84 bits per heavy atom. The molecule has 0 radical (unpaired) electrons. The molecule has 2 aromatic heterocycles. The van der Waals surface area contributed by atoms with Crippen molar-refractivity contribution >= 4 is 38.1 Å². The molecule has 4 aromatic rings. The number of aryl methyl sites for hydroxylation is 1. The largest absolute Gasteiger partial charge is 0.367 e. The van der Waals surface area contributed by atoms with Gasteiger partial charge in [0.2, 0.25) is 0 Å². The third kappa shape index (κ3) is 4.89. The minimum absolute atomic E-state index is 0.351. The molecule has 4 rings (SSSR count). The molecular formula is C26H32N4S. The molecule has 1 atom stereocenters. The number of anilines is 1. The van der Waals surface area contributed by atoms with Crippen LogP contribution in [0.3, 0.4) is 0 Å². The van der Waals surface area contributed by atoms with Gasteiger partial charge in [-0.15, -0.1) is 11.3 Å². The van der Waals surface area contributed by atoms with Crippen molar-refractivity contribution in [1.82, 2.24) is 14.9 Å². The van der Waals surface area contributed by atoms with E-state index in [9.17, 15) is 0 Å². The number of nitrogens with one attached hydrogen (secondary N) is 1. The normalized spacial score (nSPS) is 12.7. The van der Waals surface area contributed by atoms with E-state index in [1.165, 1.54) is 22.1 Å². The highest BCUT2D eigenvalue weighted by Gasteiger charge is 2.15. The molecule has 0 fully saturated rings. The van der Waals surface area contributed by atoms with Crippen LogP contribution in [0.1, 0.15) is 39.2 Å². The summed E-state index contributed by atoms with van der Waals surface area (Å²) in [7, 11) is 0. The minimum Gasteiger partial charge on any atom is -0.367 e. The molecule has 1 N–H and O–H groups in total. The number of hydrogen-bond donors (Lipinski definition) is 1. The molecule has 0 saturated heterocycles. The molecular weight excluding hydrogens is 400 g/mol. The van der Waals surface area contributed by atoms with Gasteiger partial charge in [-0.1, -0.05) is 44.2 Å². The lowest BCUT2D eigenvalue weighted by atomic mass is 10.1. The lowest BCUT2D eigenvalue weighted by Crippen LogP contribution is -2.25. The molecule has 4 nitrogen and oxygen atoms in total. The first-order valence-corrected chi connectivity index (χ1v) is 12.2. The summed E-state index contributed by atoms with van der Waals surface area (Å²) in [6.07, 6.45) is 2.30. The predicted octanol–water partition coefficient (Wildman–Crippen LogP) is 6.74. The Hall–Kier alpha value is -2.50. The highest BCUT2D eigenvalue weighted by atomic mass is 32.1. The molecule has 0 bridgehead atoms. The van der Waals surface area contributed by atoms with E-state index < -0.39 is 0 Å². The van der Waals surface area contributed by atoms with Crippen LogP contribution in [0.2, 0.25) is 0 Å². The zero-order chi connectivity index (χ0) is 21.8. The second-order valence-electron chi connectivity index (χ2n) is 8.23. The Bertz CT molecular complexity index is 1130. The third-order valence-corrected chi connectivity index (χ3v) is 7.08. The fraction of sp³-hybridized carbons (Fsp3) is 0.385. The van der Waals surface area contributed by atoms with Crippen molar-refractivity contribution in [3.8, 4) is 10.7 Å². The summed E-state index contributed by atoms with van der Waals surface area (Å²) < 4.78 is 1.27. The monoisotopic (exact) mass is 432 g/mol. The van der Waals surface area contributed by atoms with Gasteiger partial charge in [-0.25, -0.2) is 9.97 Å². The lowest BCUT2D eigenvalue weighted by molar-refractivity contribution is 0.295. The molecule has 2 heterocycles. The fourth-order valence-electron chi connectivity index (χ4n) is 4.07. The second kappa shape index (κ2) is 9.75. The first-order valence-electron chi connectivity index (χ1n) is 11.3. The van der Waals surface area contributed by atoms with E-state index in [1.54, 1.807) is 11.3 Å². The Morgan fingerprint density at radius 1 is 1.03 bits per heavy atom. The lowest BCUT2D eigenvalue weighted by Gasteiger charge is -2.20. The van der Waals surface area contributed by atoms with Crippen LogP contribution in [0.4, 0.5) is 5.82 Å². The number of nitrogens with zero attached hydrogens (tertiary/aromatic N) is 3. The van der Waals surface area contributed by atoms with Crippen molar-refractivity contribution < 1.29 is 0 Å². The Morgan fingerprint density at radius 3 is 2.61 bits per heavy atom. The molecule has 0 aliphatic heterocycles. The van der Waals surface area contributed by atoms with Crippen molar-refractivity contribution in [2.75, 3.05) is 25.0 Å². The van der Waals surface area contributed by atoms with E-state index in [1.807, 2.05) is 0 Å². The first-order chi connectivity index (χ1) is 15.1. The maximum Gasteiger partial charge on any atom is 0.172 e. The second-order valence-corrected chi connectivity index (χ2v) is 9.31.